The summed E-state index contributed by atoms with van der Waals surface area (Å²) in [7, 11) is 0. The number of hydrogen-bond donors (Lipinski definition) is 1. The van der Waals surface area contributed by atoms with Gasteiger partial charge < -0.3 is 5.32 Å². The van der Waals surface area contributed by atoms with Crippen molar-refractivity contribution in [2.45, 2.75) is 44.2 Å². The summed E-state index contributed by atoms with van der Waals surface area (Å²) in [6.07, 6.45) is 4.99. The average Bonchev–Trinajstić information content (AvgIpc) is 2.63. The van der Waals surface area contributed by atoms with Gasteiger partial charge in [-0.2, -0.15) is 13.2 Å². The van der Waals surface area contributed by atoms with Crippen LogP contribution in [0.15, 0.2) is 0 Å². The molecule has 5 heteroatoms. The Morgan fingerprint density at radius 3 is 2.47 bits per heavy atom. The minimum atomic E-state index is -4.09. The van der Waals surface area contributed by atoms with Crippen LogP contribution in [-0.2, 0) is 0 Å². The first-order chi connectivity index (χ1) is 6.99. The van der Waals surface area contributed by atoms with Crippen LogP contribution in [0, 0.1) is 5.92 Å². The van der Waals surface area contributed by atoms with Gasteiger partial charge in [-0.1, -0.05) is 12.8 Å². The van der Waals surface area contributed by atoms with E-state index in [1.807, 2.05) is 0 Å². The molecule has 0 spiro atoms. The van der Waals surface area contributed by atoms with Crippen LogP contribution in [-0.4, -0.2) is 23.8 Å². The van der Waals surface area contributed by atoms with Gasteiger partial charge in [0.25, 0.3) is 0 Å². The molecule has 1 fully saturated rings. The maximum absolute atomic E-state index is 11.8. The summed E-state index contributed by atoms with van der Waals surface area (Å²) in [6.45, 7) is 2.52. The lowest BCUT2D eigenvalue weighted by molar-refractivity contribution is -0.0327. The maximum atomic E-state index is 11.8. The third-order valence-electron chi connectivity index (χ3n) is 2.94. The van der Waals surface area contributed by atoms with Gasteiger partial charge in [0.1, 0.15) is 0 Å². The Balaban J connectivity index is 2.04. The smallest absolute Gasteiger partial charge is 0.313 e. The molecule has 1 atom stereocenters. The van der Waals surface area contributed by atoms with Crippen LogP contribution in [0.1, 0.15) is 32.6 Å². The molecule has 1 saturated carbocycles. The van der Waals surface area contributed by atoms with Crippen LogP contribution >= 0.6 is 11.8 Å². The molecule has 0 aromatic carbocycles. The molecule has 0 aliphatic heterocycles. The fourth-order valence-electron chi connectivity index (χ4n) is 2.08. The molecule has 0 bridgehead atoms. The zero-order valence-corrected chi connectivity index (χ0v) is 9.76. The molecule has 0 aromatic rings. The summed E-state index contributed by atoms with van der Waals surface area (Å²) in [5.41, 5.74) is -4.09. The molecule has 0 aromatic heterocycles. The highest BCUT2D eigenvalue weighted by Gasteiger charge is 2.27. The van der Waals surface area contributed by atoms with Crippen molar-refractivity contribution in [1.82, 2.24) is 5.32 Å². The van der Waals surface area contributed by atoms with Crippen molar-refractivity contribution < 1.29 is 13.2 Å². The van der Waals surface area contributed by atoms with Crippen LogP contribution in [0.25, 0.3) is 0 Å². The quantitative estimate of drug-likeness (QED) is 0.740. The highest BCUT2D eigenvalue weighted by molar-refractivity contribution is 8.00. The third-order valence-corrected chi connectivity index (χ3v) is 3.68. The van der Waals surface area contributed by atoms with E-state index < -0.39 is 5.51 Å². The molecule has 0 saturated heterocycles. The summed E-state index contributed by atoms with van der Waals surface area (Å²) >= 11 is 0.0556. The second kappa shape index (κ2) is 5.99. The van der Waals surface area contributed by atoms with E-state index in [0.717, 1.165) is 0 Å². The number of thioether (sulfide) groups is 1. The minimum Gasteiger partial charge on any atom is -0.313 e. The van der Waals surface area contributed by atoms with E-state index in [1.54, 1.807) is 0 Å². The van der Waals surface area contributed by atoms with Crippen LogP contribution in [0.4, 0.5) is 13.2 Å². The Bertz CT molecular complexity index is 178. The van der Waals surface area contributed by atoms with E-state index in [4.69, 9.17) is 0 Å². The molecule has 1 N–H and O–H groups in total. The van der Waals surface area contributed by atoms with Crippen molar-refractivity contribution in [2.24, 2.45) is 5.92 Å². The van der Waals surface area contributed by atoms with Crippen LogP contribution in [0.3, 0.4) is 0 Å². The van der Waals surface area contributed by atoms with Gasteiger partial charge in [0, 0.05) is 18.3 Å². The Labute approximate surface area is 93.2 Å². The van der Waals surface area contributed by atoms with Crippen LogP contribution in [0.2, 0.25) is 0 Å². The minimum absolute atomic E-state index is 0.0556. The average molecular weight is 241 g/mol. The Kier molecular flexibility index (Phi) is 5.26. The molecule has 1 rings (SSSR count). The van der Waals surface area contributed by atoms with E-state index in [-0.39, 0.29) is 17.5 Å². The van der Waals surface area contributed by atoms with Gasteiger partial charge in [-0.3, -0.25) is 0 Å². The Morgan fingerprint density at radius 1 is 1.33 bits per heavy atom. The lowest BCUT2D eigenvalue weighted by Crippen LogP contribution is -2.34. The molecule has 90 valence electrons. The van der Waals surface area contributed by atoms with E-state index in [9.17, 15) is 13.2 Å². The fraction of sp³-hybridized carbons (Fsp3) is 1.00. The van der Waals surface area contributed by atoms with Gasteiger partial charge in [-0.15, -0.1) is 0 Å². The van der Waals surface area contributed by atoms with E-state index in [1.165, 1.54) is 25.7 Å². The normalized spacial score (nSPS) is 20.8. The first kappa shape index (κ1) is 13.2. The summed E-state index contributed by atoms with van der Waals surface area (Å²) in [5, 5.41) is 3.18. The summed E-state index contributed by atoms with van der Waals surface area (Å²) < 4.78 is 35.4. The molecule has 0 radical (unpaired) electrons. The molecule has 1 aliphatic rings. The Hall–Kier alpha value is 0.100. The molecular formula is C10H18F3NS. The van der Waals surface area contributed by atoms with Gasteiger partial charge in [0.05, 0.1) is 0 Å². The van der Waals surface area contributed by atoms with E-state index in [2.05, 4.69) is 12.2 Å². The highest BCUT2D eigenvalue weighted by atomic mass is 32.2. The van der Waals surface area contributed by atoms with Crippen LogP contribution < -0.4 is 5.32 Å². The van der Waals surface area contributed by atoms with Crippen molar-refractivity contribution in [2.75, 3.05) is 12.3 Å². The lowest BCUT2D eigenvalue weighted by atomic mass is 10.00. The third kappa shape index (κ3) is 5.66. The first-order valence-electron chi connectivity index (χ1n) is 5.43. The van der Waals surface area contributed by atoms with Crippen molar-refractivity contribution in [1.29, 1.82) is 0 Å². The predicted molar refractivity (Wildman–Crippen MR) is 57.9 cm³/mol. The zero-order chi connectivity index (χ0) is 11.3. The summed E-state index contributed by atoms with van der Waals surface area (Å²) in [4.78, 5) is 0. The number of halogens is 3. The van der Waals surface area contributed by atoms with Gasteiger partial charge >= 0.3 is 5.51 Å². The Morgan fingerprint density at radius 2 is 1.93 bits per heavy atom. The molecule has 0 heterocycles. The molecule has 0 amide bonds. The molecule has 0 unspecified atom stereocenters. The summed E-state index contributed by atoms with van der Waals surface area (Å²) in [6, 6.07) is 0.362. The molecule has 1 nitrogen and oxygen atoms in total. The standard InChI is InChI=1S/C10H18F3NS/c1-8(9-4-2-3-5-9)14-6-7-15-10(11,12)13/h8-9,14H,2-7H2,1H3/t8-/m1/s1. The predicted octanol–water partition coefficient (Wildman–Crippen LogP) is 3.41. The van der Waals surface area contributed by atoms with Gasteiger partial charge in [-0.05, 0) is 37.4 Å². The topological polar surface area (TPSA) is 12.0 Å². The van der Waals surface area contributed by atoms with Crippen molar-refractivity contribution in [3.8, 4) is 0 Å². The van der Waals surface area contributed by atoms with Crippen molar-refractivity contribution in [3.63, 3.8) is 0 Å². The van der Waals surface area contributed by atoms with E-state index in [0.29, 0.717) is 18.5 Å². The van der Waals surface area contributed by atoms with Crippen molar-refractivity contribution >= 4 is 11.8 Å². The maximum Gasteiger partial charge on any atom is 0.441 e. The molecule has 1 aliphatic carbocycles. The van der Waals surface area contributed by atoms with E-state index >= 15 is 0 Å². The zero-order valence-electron chi connectivity index (χ0n) is 8.94. The van der Waals surface area contributed by atoms with Crippen molar-refractivity contribution in [3.05, 3.63) is 0 Å². The number of rotatable bonds is 5. The monoisotopic (exact) mass is 241 g/mol. The summed E-state index contributed by atoms with van der Waals surface area (Å²) in [5.74, 6) is 0.779. The fourth-order valence-corrected chi connectivity index (χ4v) is 2.53. The molecule has 15 heavy (non-hydrogen) atoms. The van der Waals surface area contributed by atoms with Crippen LogP contribution in [0.5, 0.6) is 0 Å². The lowest BCUT2D eigenvalue weighted by Gasteiger charge is -2.20. The highest BCUT2D eigenvalue weighted by Crippen LogP contribution is 2.30. The number of hydrogen-bond acceptors (Lipinski definition) is 2. The second-order valence-corrected chi connectivity index (χ2v) is 5.24. The number of alkyl halides is 3. The van der Waals surface area contributed by atoms with Gasteiger partial charge in [0.2, 0.25) is 0 Å². The first-order valence-corrected chi connectivity index (χ1v) is 6.41. The molecular weight excluding hydrogens is 223 g/mol. The SMILES string of the molecule is C[C@@H](NCCSC(F)(F)F)C1CCCC1. The van der Waals surface area contributed by atoms with Gasteiger partial charge in [0.15, 0.2) is 0 Å². The largest absolute Gasteiger partial charge is 0.441 e. The number of nitrogens with one attached hydrogen (secondary N) is 1. The van der Waals surface area contributed by atoms with Gasteiger partial charge in [-0.25, -0.2) is 0 Å². The second-order valence-electron chi connectivity index (χ2n) is 4.08.